The van der Waals surface area contributed by atoms with Crippen molar-refractivity contribution < 1.29 is 4.74 Å². The Morgan fingerprint density at radius 2 is 2.14 bits per heavy atom. The molecule has 3 heteroatoms. The van der Waals surface area contributed by atoms with Gasteiger partial charge in [0.25, 0.3) is 0 Å². The van der Waals surface area contributed by atoms with Crippen LogP contribution in [-0.4, -0.2) is 7.11 Å². The van der Waals surface area contributed by atoms with Crippen molar-refractivity contribution in [1.82, 2.24) is 0 Å². The lowest BCUT2D eigenvalue weighted by molar-refractivity contribution is 0.417. The van der Waals surface area contributed by atoms with E-state index in [-0.39, 0.29) is 0 Å². The van der Waals surface area contributed by atoms with Crippen molar-refractivity contribution in [2.45, 2.75) is 0 Å². The van der Waals surface area contributed by atoms with Crippen LogP contribution in [0, 0.1) is 0 Å². The number of methoxy groups -OCH3 is 1. The molecule has 0 atom stereocenters. The van der Waals surface area contributed by atoms with Crippen LogP contribution < -0.4 is 10.5 Å². The fraction of sp³-hybridized carbons (Fsp3) is 0.0909. The van der Waals surface area contributed by atoms with Gasteiger partial charge in [-0.25, -0.2) is 0 Å². The van der Waals surface area contributed by atoms with Crippen LogP contribution in [0.15, 0.2) is 35.7 Å². The average molecular weight is 205 g/mol. The molecule has 0 radical (unpaired) electrons. The van der Waals surface area contributed by atoms with E-state index in [4.69, 9.17) is 10.5 Å². The molecule has 2 N–H and O–H groups in total. The Labute approximate surface area is 86.9 Å². The van der Waals surface area contributed by atoms with E-state index in [2.05, 4.69) is 6.07 Å². The summed E-state index contributed by atoms with van der Waals surface area (Å²) in [5.74, 6) is 0.826. The molecule has 0 fully saturated rings. The van der Waals surface area contributed by atoms with Gasteiger partial charge in [0.15, 0.2) is 0 Å². The zero-order valence-corrected chi connectivity index (χ0v) is 8.67. The van der Waals surface area contributed by atoms with Crippen molar-refractivity contribution in [1.29, 1.82) is 0 Å². The molecule has 0 aliphatic heterocycles. The monoisotopic (exact) mass is 205 g/mol. The van der Waals surface area contributed by atoms with E-state index >= 15 is 0 Å². The lowest BCUT2D eigenvalue weighted by Gasteiger charge is -2.07. The van der Waals surface area contributed by atoms with Gasteiger partial charge in [0.1, 0.15) is 5.75 Å². The molecule has 2 rings (SSSR count). The first-order valence-electron chi connectivity index (χ1n) is 4.28. The third-order valence-corrected chi connectivity index (χ3v) is 2.92. The van der Waals surface area contributed by atoms with Gasteiger partial charge in [-0.1, -0.05) is 6.07 Å². The van der Waals surface area contributed by atoms with Crippen LogP contribution in [0.5, 0.6) is 5.75 Å². The quantitative estimate of drug-likeness (QED) is 0.765. The Morgan fingerprint density at radius 3 is 2.79 bits per heavy atom. The molecule has 2 nitrogen and oxygen atoms in total. The Kier molecular flexibility index (Phi) is 2.41. The van der Waals surface area contributed by atoms with Gasteiger partial charge in [0, 0.05) is 22.2 Å². The lowest BCUT2D eigenvalue weighted by Crippen LogP contribution is -1.90. The number of ether oxygens (including phenoxy) is 1. The van der Waals surface area contributed by atoms with E-state index in [1.54, 1.807) is 18.4 Å². The van der Waals surface area contributed by atoms with E-state index in [0.29, 0.717) is 0 Å². The molecule has 0 aliphatic carbocycles. The van der Waals surface area contributed by atoms with Crippen LogP contribution in [0.1, 0.15) is 0 Å². The fourth-order valence-electron chi connectivity index (χ4n) is 1.34. The van der Waals surface area contributed by atoms with Crippen molar-refractivity contribution in [3.05, 3.63) is 35.7 Å². The zero-order valence-electron chi connectivity index (χ0n) is 7.86. The second kappa shape index (κ2) is 3.72. The molecule has 0 saturated carbocycles. The second-order valence-electron chi connectivity index (χ2n) is 2.94. The van der Waals surface area contributed by atoms with Crippen molar-refractivity contribution in [2.75, 3.05) is 12.8 Å². The highest BCUT2D eigenvalue weighted by molar-refractivity contribution is 7.13. The number of anilines is 1. The van der Waals surface area contributed by atoms with Crippen molar-refractivity contribution in [2.24, 2.45) is 0 Å². The van der Waals surface area contributed by atoms with Crippen molar-refractivity contribution in [3.8, 4) is 16.2 Å². The van der Waals surface area contributed by atoms with Gasteiger partial charge >= 0.3 is 0 Å². The Morgan fingerprint density at radius 1 is 1.29 bits per heavy atom. The minimum Gasteiger partial charge on any atom is -0.496 e. The first-order chi connectivity index (χ1) is 6.81. The van der Waals surface area contributed by atoms with Crippen LogP contribution in [-0.2, 0) is 0 Å². The first-order valence-corrected chi connectivity index (χ1v) is 5.16. The number of rotatable bonds is 2. The average Bonchev–Trinajstić information content (AvgIpc) is 2.70. The summed E-state index contributed by atoms with van der Waals surface area (Å²) in [7, 11) is 1.66. The Hall–Kier alpha value is -1.48. The number of hydrogen-bond donors (Lipinski definition) is 1. The highest BCUT2D eigenvalue weighted by atomic mass is 32.1. The zero-order chi connectivity index (χ0) is 9.97. The molecule has 0 bridgehead atoms. The standard InChI is InChI=1S/C11H11NOS/c1-13-10-7-8(12)4-5-9(10)11-3-2-6-14-11/h2-7H,12H2,1H3. The summed E-state index contributed by atoms with van der Waals surface area (Å²) in [6, 6.07) is 9.81. The maximum absolute atomic E-state index is 5.68. The number of hydrogen-bond acceptors (Lipinski definition) is 3. The molecule has 2 aromatic rings. The molecule has 0 aliphatic rings. The summed E-state index contributed by atoms with van der Waals surface area (Å²) in [6.07, 6.45) is 0. The van der Waals surface area contributed by atoms with Crippen LogP contribution >= 0.6 is 11.3 Å². The summed E-state index contributed by atoms with van der Waals surface area (Å²) in [5.41, 5.74) is 7.50. The summed E-state index contributed by atoms with van der Waals surface area (Å²) in [5, 5.41) is 2.05. The number of benzene rings is 1. The third-order valence-electron chi connectivity index (χ3n) is 2.01. The molecule has 14 heavy (non-hydrogen) atoms. The van der Waals surface area contributed by atoms with Crippen LogP contribution in [0.4, 0.5) is 5.69 Å². The summed E-state index contributed by atoms with van der Waals surface area (Å²) >= 11 is 1.69. The van der Waals surface area contributed by atoms with Gasteiger partial charge in [-0.05, 0) is 23.6 Å². The molecule has 1 aromatic heterocycles. The first kappa shape index (κ1) is 9.09. The Bertz CT molecular complexity index is 423. The molecule has 0 spiro atoms. The molecular formula is C11H11NOS. The minimum atomic E-state index is 0.724. The van der Waals surface area contributed by atoms with Crippen LogP contribution in [0.25, 0.3) is 10.4 Å². The van der Waals surface area contributed by atoms with E-state index in [1.165, 1.54) is 4.88 Å². The van der Waals surface area contributed by atoms with Crippen molar-refractivity contribution >= 4 is 17.0 Å². The smallest absolute Gasteiger partial charge is 0.129 e. The maximum Gasteiger partial charge on any atom is 0.129 e. The SMILES string of the molecule is COc1cc(N)ccc1-c1cccs1. The molecular weight excluding hydrogens is 194 g/mol. The molecule has 1 aromatic carbocycles. The largest absolute Gasteiger partial charge is 0.496 e. The predicted octanol–water partition coefficient (Wildman–Crippen LogP) is 3.01. The van der Waals surface area contributed by atoms with Gasteiger partial charge in [-0.2, -0.15) is 0 Å². The molecule has 0 saturated heterocycles. The number of thiophene rings is 1. The molecule has 1 heterocycles. The van der Waals surface area contributed by atoms with E-state index in [1.807, 2.05) is 29.6 Å². The highest BCUT2D eigenvalue weighted by Crippen LogP contribution is 2.34. The van der Waals surface area contributed by atoms with E-state index in [9.17, 15) is 0 Å². The molecule has 0 amide bonds. The minimum absolute atomic E-state index is 0.724. The second-order valence-corrected chi connectivity index (χ2v) is 3.88. The highest BCUT2D eigenvalue weighted by Gasteiger charge is 2.06. The van der Waals surface area contributed by atoms with Gasteiger partial charge < -0.3 is 10.5 Å². The molecule has 0 unspecified atom stereocenters. The van der Waals surface area contributed by atoms with Gasteiger partial charge in [-0.15, -0.1) is 11.3 Å². The van der Waals surface area contributed by atoms with Crippen LogP contribution in [0.2, 0.25) is 0 Å². The fourth-order valence-corrected chi connectivity index (χ4v) is 2.10. The normalized spacial score (nSPS) is 10.1. The van der Waals surface area contributed by atoms with Gasteiger partial charge in [0.05, 0.1) is 7.11 Å². The third kappa shape index (κ3) is 1.59. The summed E-state index contributed by atoms with van der Waals surface area (Å²) in [4.78, 5) is 1.20. The summed E-state index contributed by atoms with van der Waals surface area (Å²) in [6.45, 7) is 0. The lowest BCUT2D eigenvalue weighted by atomic mass is 10.1. The predicted molar refractivity (Wildman–Crippen MR) is 60.7 cm³/mol. The number of nitrogen functional groups attached to an aromatic ring is 1. The number of nitrogens with two attached hydrogens (primary N) is 1. The van der Waals surface area contributed by atoms with E-state index < -0.39 is 0 Å². The van der Waals surface area contributed by atoms with E-state index in [0.717, 1.165) is 17.0 Å². The Balaban J connectivity index is 2.53. The maximum atomic E-state index is 5.68. The van der Waals surface area contributed by atoms with Gasteiger partial charge in [0.2, 0.25) is 0 Å². The van der Waals surface area contributed by atoms with Crippen molar-refractivity contribution in [3.63, 3.8) is 0 Å². The summed E-state index contributed by atoms with van der Waals surface area (Å²) < 4.78 is 5.28. The molecule has 72 valence electrons. The van der Waals surface area contributed by atoms with Gasteiger partial charge in [-0.3, -0.25) is 0 Å². The van der Waals surface area contributed by atoms with Crippen LogP contribution in [0.3, 0.4) is 0 Å². The topological polar surface area (TPSA) is 35.2 Å².